The summed E-state index contributed by atoms with van der Waals surface area (Å²) in [6, 6.07) is 16.4. The second kappa shape index (κ2) is 10.8. The minimum absolute atomic E-state index is 0.280. The van der Waals surface area contributed by atoms with Crippen LogP contribution in [0.5, 0.6) is 0 Å². The fourth-order valence-electron chi connectivity index (χ4n) is 5.08. The average Bonchev–Trinajstić information content (AvgIpc) is 3.25. The van der Waals surface area contributed by atoms with Gasteiger partial charge >= 0.3 is 0 Å². The van der Waals surface area contributed by atoms with Gasteiger partial charge in [-0.25, -0.2) is 19.3 Å². The van der Waals surface area contributed by atoms with Crippen LogP contribution in [0.4, 0.5) is 21.6 Å². The van der Waals surface area contributed by atoms with E-state index in [-0.39, 0.29) is 5.82 Å². The summed E-state index contributed by atoms with van der Waals surface area (Å²) >= 11 is 0. The van der Waals surface area contributed by atoms with E-state index < -0.39 is 0 Å². The smallest absolute Gasteiger partial charge is 0.159 e. The normalized spacial score (nSPS) is 11.6. The van der Waals surface area contributed by atoms with Crippen molar-refractivity contribution in [3.05, 3.63) is 83.7 Å². The number of nitrogens with one attached hydrogen (secondary N) is 1. The van der Waals surface area contributed by atoms with Gasteiger partial charge in [0.2, 0.25) is 0 Å². The van der Waals surface area contributed by atoms with Crippen LogP contribution in [0.3, 0.4) is 0 Å². The molecule has 0 radical (unpaired) electrons. The van der Waals surface area contributed by atoms with E-state index in [0.29, 0.717) is 28.3 Å². The Labute approximate surface area is 223 Å². The molecule has 2 heterocycles. The van der Waals surface area contributed by atoms with Crippen molar-refractivity contribution in [1.29, 1.82) is 0 Å². The van der Waals surface area contributed by atoms with E-state index in [9.17, 15) is 0 Å². The van der Waals surface area contributed by atoms with Crippen LogP contribution in [0.2, 0.25) is 0 Å². The van der Waals surface area contributed by atoms with Gasteiger partial charge in [0, 0.05) is 25.8 Å². The second-order valence-electron chi connectivity index (χ2n) is 10.5. The van der Waals surface area contributed by atoms with Crippen molar-refractivity contribution in [2.45, 2.75) is 40.5 Å². The fraction of sp³-hybridized carbons (Fsp3) is 0.323. The number of aryl methyl sites for hydroxylation is 2. The lowest BCUT2D eigenvalue weighted by Crippen LogP contribution is -2.29. The Morgan fingerprint density at radius 1 is 1.00 bits per heavy atom. The zero-order valence-corrected chi connectivity index (χ0v) is 22.8. The molecule has 0 saturated carbocycles. The van der Waals surface area contributed by atoms with Gasteiger partial charge in [-0.1, -0.05) is 32.9 Å². The molecule has 5 aromatic rings. The Bertz CT molecular complexity index is 1590. The second-order valence-corrected chi connectivity index (χ2v) is 10.5. The minimum atomic E-state index is -0.280. The molecule has 0 fully saturated rings. The third kappa shape index (κ3) is 5.19. The summed E-state index contributed by atoms with van der Waals surface area (Å²) in [5.74, 6) is 0.620. The molecule has 6 nitrogen and oxygen atoms in total. The number of aromatic nitrogens is 4. The van der Waals surface area contributed by atoms with Crippen molar-refractivity contribution in [1.82, 2.24) is 19.5 Å². The number of benzene rings is 3. The first-order valence-electron chi connectivity index (χ1n) is 13.3. The van der Waals surface area contributed by atoms with E-state index in [0.717, 1.165) is 48.2 Å². The van der Waals surface area contributed by atoms with E-state index in [2.05, 4.69) is 83.2 Å². The molecule has 0 saturated heterocycles. The maximum Gasteiger partial charge on any atom is 0.159 e. The predicted octanol–water partition coefficient (Wildman–Crippen LogP) is 7.17. The number of hydrogen-bond acceptors (Lipinski definition) is 5. The van der Waals surface area contributed by atoms with Gasteiger partial charge in [-0.2, -0.15) is 0 Å². The molecule has 38 heavy (non-hydrogen) atoms. The summed E-state index contributed by atoms with van der Waals surface area (Å²) in [5, 5.41) is 3.78. The highest BCUT2D eigenvalue weighted by atomic mass is 19.1. The molecule has 0 aliphatic rings. The van der Waals surface area contributed by atoms with E-state index in [4.69, 9.17) is 0 Å². The summed E-state index contributed by atoms with van der Waals surface area (Å²) in [7, 11) is 2.01. The van der Waals surface area contributed by atoms with E-state index in [1.165, 1.54) is 17.5 Å². The molecule has 7 heteroatoms. The fourth-order valence-corrected chi connectivity index (χ4v) is 5.08. The van der Waals surface area contributed by atoms with Gasteiger partial charge in [0.15, 0.2) is 5.82 Å². The third-order valence-corrected chi connectivity index (χ3v) is 6.93. The van der Waals surface area contributed by atoms with Crippen LogP contribution < -0.4 is 10.2 Å². The van der Waals surface area contributed by atoms with E-state index in [1.807, 2.05) is 36.1 Å². The third-order valence-electron chi connectivity index (χ3n) is 6.93. The van der Waals surface area contributed by atoms with Gasteiger partial charge < -0.3 is 14.8 Å². The van der Waals surface area contributed by atoms with Gasteiger partial charge in [-0.3, -0.25) is 0 Å². The zero-order valence-electron chi connectivity index (χ0n) is 22.8. The first-order chi connectivity index (χ1) is 18.3. The number of rotatable bonds is 9. The van der Waals surface area contributed by atoms with Gasteiger partial charge in [-0.05, 0) is 78.8 Å². The highest BCUT2D eigenvalue weighted by molar-refractivity contribution is 5.94. The average molecular weight is 511 g/mol. The Balaban J connectivity index is 1.43. The van der Waals surface area contributed by atoms with Crippen molar-refractivity contribution >= 4 is 39.1 Å². The molecule has 3 aromatic carbocycles. The van der Waals surface area contributed by atoms with Crippen LogP contribution in [-0.2, 0) is 13.5 Å². The summed E-state index contributed by atoms with van der Waals surface area (Å²) in [6.07, 6.45) is 5.09. The van der Waals surface area contributed by atoms with Crippen molar-refractivity contribution in [2.24, 2.45) is 13.0 Å². The van der Waals surface area contributed by atoms with Crippen LogP contribution in [0.25, 0.3) is 21.9 Å². The van der Waals surface area contributed by atoms with Crippen molar-refractivity contribution in [3.8, 4) is 0 Å². The van der Waals surface area contributed by atoms with Crippen LogP contribution in [-0.4, -0.2) is 32.6 Å². The number of halogens is 1. The van der Waals surface area contributed by atoms with E-state index in [1.54, 1.807) is 0 Å². The topological polar surface area (TPSA) is 58.9 Å². The van der Waals surface area contributed by atoms with Crippen LogP contribution in [0.15, 0.2) is 61.2 Å². The maximum atomic E-state index is 16.0. The summed E-state index contributed by atoms with van der Waals surface area (Å²) in [6.45, 7) is 10.1. The lowest BCUT2D eigenvalue weighted by molar-refractivity contribution is 0.582. The predicted molar refractivity (Wildman–Crippen MR) is 155 cm³/mol. The van der Waals surface area contributed by atoms with Crippen LogP contribution in [0.1, 0.15) is 43.9 Å². The molecule has 5 rings (SSSR count). The number of imidazole rings is 1. The Hall–Kier alpha value is -4.00. The molecule has 196 valence electrons. The standard InChI is InChI=1S/C31H35FN6/c1-6-13-38(17-20(2)3)28-12-10-25-29(30(28)32)31(34-18-33-25)36-24-9-8-23(21(4)14-24)15-22-7-11-27-26(16-22)35-19-37(27)5/h7-12,14,16,18-20H,6,13,15,17H2,1-5H3,(H,33,34,36). The van der Waals surface area contributed by atoms with Gasteiger partial charge in [0.1, 0.15) is 12.1 Å². The Kier molecular flexibility index (Phi) is 7.27. The number of anilines is 3. The molecule has 2 aromatic heterocycles. The SMILES string of the molecule is CCCN(CC(C)C)c1ccc2ncnc(Nc3ccc(Cc4ccc5c(c4)ncn5C)c(C)c3)c2c1F. The number of fused-ring (bicyclic) bond motifs is 2. The Morgan fingerprint density at radius 3 is 2.61 bits per heavy atom. The maximum absolute atomic E-state index is 16.0. The highest BCUT2D eigenvalue weighted by Gasteiger charge is 2.18. The molecule has 0 atom stereocenters. The summed E-state index contributed by atoms with van der Waals surface area (Å²) in [4.78, 5) is 15.4. The molecule has 1 N–H and O–H groups in total. The van der Waals surface area contributed by atoms with Gasteiger partial charge in [0.05, 0.1) is 34.0 Å². The Morgan fingerprint density at radius 2 is 1.84 bits per heavy atom. The molecular formula is C31H35FN6. The van der Waals surface area contributed by atoms with Crippen molar-refractivity contribution < 1.29 is 4.39 Å². The number of nitrogens with zero attached hydrogens (tertiary/aromatic N) is 5. The first-order valence-corrected chi connectivity index (χ1v) is 13.3. The van der Waals surface area contributed by atoms with Gasteiger partial charge in [0.25, 0.3) is 0 Å². The molecule has 0 bridgehead atoms. The lowest BCUT2D eigenvalue weighted by Gasteiger charge is -2.27. The van der Waals surface area contributed by atoms with Crippen molar-refractivity contribution in [2.75, 3.05) is 23.3 Å². The summed E-state index contributed by atoms with van der Waals surface area (Å²) < 4.78 is 18.0. The largest absolute Gasteiger partial charge is 0.369 e. The highest BCUT2D eigenvalue weighted by Crippen LogP contribution is 2.33. The molecule has 0 spiro atoms. The monoisotopic (exact) mass is 510 g/mol. The zero-order chi connectivity index (χ0) is 26.8. The molecule has 0 amide bonds. The lowest BCUT2D eigenvalue weighted by atomic mass is 9.99. The van der Waals surface area contributed by atoms with Gasteiger partial charge in [-0.15, -0.1) is 0 Å². The minimum Gasteiger partial charge on any atom is -0.369 e. The molecule has 0 aliphatic heterocycles. The molecular weight excluding hydrogens is 475 g/mol. The van der Waals surface area contributed by atoms with Crippen LogP contribution >= 0.6 is 0 Å². The van der Waals surface area contributed by atoms with Crippen LogP contribution in [0, 0.1) is 18.7 Å². The quantitative estimate of drug-likeness (QED) is 0.228. The molecule has 0 unspecified atom stereocenters. The van der Waals surface area contributed by atoms with Crippen molar-refractivity contribution in [3.63, 3.8) is 0 Å². The summed E-state index contributed by atoms with van der Waals surface area (Å²) in [5.41, 5.74) is 7.78. The van der Waals surface area contributed by atoms with E-state index >= 15 is 4.39 Å². The number of hydrogen-bond donors (Lipinski definition) is 1. The first kappa shape index (κ1) is 25.6. The molecule has 0 aliphatic carbocycles.